The number of nitrogens with zero attached hydrogens (tertiary/aromatic N) is 3. The van der Waals surface area contributed by atoms with Gasteiger partial charge in [-0.2, -0.15) is 5.10 Å². The van der Waals surface area contributed by atoms with Gasteiger partial charge in [0.05, 0.1) is 12.8 Å². The van der Waals surface area contributed by atoms with Gasteiger partial charge in [0.25, 0.3) is 0 Å². The Morgan fingerprint density at radius 3 is 3.00 bits per heavy atom. The maximum absolute atomic E-state index is 12.3. The summed E-state index contributed by atoms with van der Waals surface area (Å²) in [6.07, 6.45) is 6.79. The van der Waals surface area contributed by atoms with E-state index in [1.165, 1.54) is 5.56 Å². The van der Waals surface area contributed by atoms with Gasteiger partial charge < -0.3 is 10.1 Å². The SMILES string of the molecule is CCn1cc(CCN2CCCC2(COC)C(=O)NC)cn1. The zero-order valence-corrected chi connectivity index (χ0v) is 13.3. The number of aryl methyl sites for hydroxylation is 1. The van der Waals surface area contributed by atoms with Crippen molar-refractivity contribution in [2.24, 2.45) is 0 Å². The van der Waals surface area contributed by atoms with Crippen LogP contribution in [0.15, 0.2) is 12.4 Å². The second-order valence-corrected chi connectivity index (χ2v) is 5.59. The number of hydrogen-bond acceptors (Lipinski definition) is 4. The molecule has 0 aromatic carbocycles. The smallest absolute Gasteiger partial charge is 0.242 e. The number of methoxy groups -OCH3 is 1. The zero-order chi connectivity index (χ0) is 15.3. The third-order valence-electron chi connectivity index (χ3n) is 4.34. The molecule has 1 fully saturated rings. The van der Waals surface area contributed by atoms with Crippen LogP contribution >= 0.6 is 0 Å². The van der Waals surface area contributed by atoms with Gasteiger partial charge in [-0.3, -0.25) is 14.4 Å². The molecule has 6 heteroatoms. The summed E-state index contributed by atoms with van der Waals surface area (Å²) in [6, 6.07) is 0. The third-order valence-corrected chi connectivity index (χ3v) is 4.34. The van der Waals surface area contributed by atoms with Gasteiger partial charge in [-0.15, -0.1) is 0 Å². The molecule has 1 aliphatic rings. The normalized spacial score (nSPS) is 22.6. The highest BCUT2D eigenvalue weighted by Crippen LogP contribution is 2.30. The topological polar surface area (TPSA) is 59.4 Å². The molecule has 1 unspecified atom stereocenters. The Hall–Kier alpha value is -1.40. The number of likely N-dealkylation sites (N-methyl/N-ethyl adjacent to an activating group) is 1. The summed E-state index contributed by atoms with van der Waals surface area (Å²) in [5.74, 6) is 0.0612. The maximum Gasteiger partial charge on any atom is 0.242 e. The molecule has 1 atom stereocenters. The Balaban J connectivity index is 2.04. The summed E-state index contributed by atoms with van der Waals surface area (Å²) in [4.78, 5) is 14.6. The van der Waals surface area contributed by atoms with Crippen LogP contribution in [0.25, 0.3) is 0 Å². The van der Waals surface area contributed by atoms with Crippen molar-refractivity contribution in [1.29, 1.82) is 0 Å². The van der Waals surface area contributed by atoms with Crippen LogP contribution in [0, 0.1) is 0 Å². The van der Waals surface area contributed by atoms with Gasteiger partial charge in [0.2, 0.25) is 5.91 Å². The lowest BCUT2D eigenvalue weighted by molar-refractivity contribution is -0.134. The summed E-state index contributed by atoms with van der Waals surface area (Å²) in [5, 5.41) is 7.09. The summed E-state index contributed by atoms with van der Waals surface area (Å²) in [7, 11) is 3.36. The van der Waals surface area contributed by atoms with Crippen molar-refractivity contribution in [1.82, 2.24) is 20.0 Å². The minimum absolute atomic E-state index is 0.0612. The van der Waals surface area contributed by atoms with Crippen LogP contribution in [0.3, 0.4) is 0 Å². The average Bonchev–Trinajstić information content (AvgIpc) is 3.12. The monoisotopic (exact) mass is 294 g/mol. The van der Waals surface area contributed by atoms with E-state index in [9.17, 15) is 4.79 Å². The minimum Gasteiger partial charge on any atom is -0.382 e. The van der Waals surface area contributed by atoms with E-state index in [0.29, 0.717) is 6.61 Å². The summed E-state index contributed by atoms with van der Waals surface area (Å²) in [6.45, 7) is 5.20. The summed E-state index contributed by atoms with van der Waals surface area (Å²) >= 11 is 0. The molecule has 2 heterocycles. The van der Waals surface area contributed by atoms with E-state index >= 15 is 0 Å². The van der Waals surface area contributed by atoms with Crippen molar-refractivity contribution >= 4 is 5.91 Å². The van der Waals surface area contributed by atoms with Gasteiger partial charge >= 0.3 is 0 Å². The molecule has 1 aromatic rings. The minimum atomic E-state index is -0.510. The molecule has 2 rings (SSSR count). The molecular formula is C15H26N4O2. The Morgan fingerprint density at radius 1 is 1.57 bits per heavy atom. The molecule has 1 amide bonds. The molecule has 118 valence electrons. The predicted octanol–water partition coefficient (Wildman–Crippen LogP) is 0.673. The van der Waals surface area contributed by atoms with Crippen molar-refractivity contribution in [2.75, 3.05) is 33.9 Å². The van der Waals surface area contributed by atoms with Gasteiger partial charge in [0, 0.05) is 33.4 Å². The number of ether oxygens (including phenoxy) is 1. The van der Waals surface area contributed by atoms with E-state index < -0.39 is 5.54 Å². The first-order valence-electron chi connectivity index (χ1n) is 7.63. The molecule has 6 nitrogen and oxygen atoms in total. The van der Waals surface area contributed by atoms with Gasteiger partial charge in [-0.1, -0.05) is 0 Å². The van der Waals surface area contributed by atoms with Crippen LogP contribution in [0.5, 0.6) is 0 Å². The number of carbonyl (C=O) groups excluding carboxylic acids is 1. The summed E-state index contributed by atoms with van der Waals surface area (Å²) in [5.41, 5.74) is 0.705. The van der Waals surface area contributed by atoms with Crippen LogP contribution in [-0.2, 0) is 22.5 Å². The zero-order valence-electron chi connectivity index (χ0n) is 13.3. The first-order valence-corrected chi connectivity index (χ1v) is 7.63. The highest BCUT2D eigenvalue weighted by atomic mass is 16.5. The second-order valence-electron chi connectivity index (χ2n) is 5.59. The lowest BCUT2D eigenvalue weighted by Crippen LogP contribution is -2.58. The number of hydrogen-bond donors (Lipinski definition) is 1. The van der Waals surface area contributed by atoms with Crippen LogP contribution in [0.4, 0.5) is 0 Å². The fourth-order valence-electron chi connectivity index (χ4n) is 3.19. The Labute approximate surface area is 126 Å². The largest absolute Gasteiger partial charge is 0.382 e. The molecule has 0 radical (unpaired) electrons. The lowest BCUT2D eigenvalue weighted by Gasteiger charge is -2.36. The highest BCUT2D eigenvalue weighted by molar-refractivity contribution is 5.86. The summed E-state index contributed by atoms with van der Waals surface area (Å²) < 4.78 is 7.27. The molecule has 21 heavy (non-hydrogen) atoms. The van der Waals surface area contributed by atoms with Gasteiger partial charge in [-0.05, 0) is 38.3 Å². The van der Waals surface area contributed by atoms with Crippen molar-refractivity contribution < 1.29 is 9.53 Å². The number of aromatic nitrogens is 2. The predicted molar refractivity (Wildman–Crippen MR) is 81.1 cm³/mol. The number of carbonyl (C=O) groups is 1. The standard InChI is InChI=1S/C15H26N4O2/c1-4-19-11-13(10-17-19)6-9-18-8-5-7-15(18,12-21-3)14(20)16-2/h10-11H,4-9,12H2,1-3H3,(H,16,20). The third kappa shape index (κ3) is 3.27. The Kier molecular flexibility index (Phi) is 5.36. The number of nitrogens with one attached hydrogen (secondary N) is 1. The number of rotatable bonds is 7. The Bertz CT molecular complexity index is 474. The van der Waals surface area contributed by atoms with E-state index in [-0.39, 0.29) is 5.91 Å². The quantitative estimate of drug-likeness (QED) is 0.803. The lowest BCUT2D eigenvalue weighted by atomic mass is 9.95. The molecule has 1 N–H and O–H groups in total. The average molecular weight is 294 g/mol. The van der Waals surface area contributed by atoms with Crippen molar-refractivity contribution in [3.63, 3.8) is 0 Å². The number of amides is 1. The van der Waals surface area contributed by atoms with Crippen molar-refractivity contribution in [2.45, 2.75) is 38.3 Å². The maximum atomic E-state index is 12.3. The first kappa shape index (κ1) is 16.0. The van der Waals surface area contributed by atoms with Crippen LogP contribution < -0.4 is 5.32 Å². The highest BCUT2D eigenvalue weighted by Gasteiger charge is 2.46. The van der Waals surface area contributed by atoms with Crippen LogP contribution in [-0.4, -0.2) is 60.0 Å². The van der Waals surface area contributed by atoms with E-state index in [4.69, 9.17) is 4.74 Å². The van der Waals surface area contributed by atoms with Gasteiger partial charge in [0.15, 0.2) is 0 Å². The fourth-order valence-corrected chi connectivity index (χ4v) is 3.19. The van der Waals surface area contributed by atoms with Crippen LogP contribution in [0.2, 0.25) is 0 Å². The van der Waals surface area contributed by atoms with E-state index in [1.807, 2.05) is 10.9 Å². The van der Waals surface area contributed by atoms with Crippen LogP contribution in [0.1, 0.15) is 25.3 Å². The van der Waals surface area contributed by atoms with E-state index in [0.717, 1.165) is 38.9 Å². The molecule has 1 aliphatic heterocycles. The van der Waals surface area contributed by atoms with Gasteiger partial charge in [0.1, 0.15) is 5.54 Å². The molecule has 0 aliphatic carbocycles. The first-order chi connectivity index (χ1) is 10.2. The second kappa shape index (κ2) is 7.04. The molecule has 0 bridgehead atoms. The fraction of sp³-hybridized carbons (Fsp3) is 0.733. The van der Waals surface area contributed by atoms with Gasteiger partial charge in [-0.25, -0.2) is 0 Å². The Morgan fingerprint density at radius 2 is 2.38 bits per heavy atom. The van der Waals surface area contributed by atoms with Crippen molar-refractivity contribution in [3.8, 4) is 0 Å². The van der Waals surface area contributed by atoms with E-state index in [2.05, 4.69) is 28.4 Å². The molecule has 0 saturated carbocycles. The molecule has 1 aromatic heterocycles. The van der Waals surface area contributed by atoms with Crippen molar-refractivity contribution in [3.05, 3.63) is 18.0 Å². The number of likely N-dealkylation sites (tertiary alicyclic amines) is 1. The molecule has 0 spiro atoms. The molecule has 1 saturated heterocycles. The van der Waals surface area contributed by atoms with E-state index in [1.54, 1.807) is 14.2 Å². The molecular weight excluding hydrogens is 268 g/mol.